The third-order valence-corrected chi connectivity index (χ3v) is 7.70. The average Bonchev–Trinajstić information content (AvgIpc) is 2.65. The van der Waals surface area contributed by atoms with E-state index >= 15 is 0 Å². The van der Waals surface area contributed by atoms with Gasteiger partial charge in [-0.2, -0.15) is 13.2 Å². The first kappa shape index (κ1) is 21.4. The van der Waals surface area contributed by atoms with Gasteiger partial charge in [0.05, 0.1) is 16.3 Å². The summed E-state index contributed by atoms with van der Waals surface area (Å²) in [6, 6.07) is 8.74. The van der Waals surface area contributed by atoms with Crippen LogP contribution in [0.15, 0.2) is 42.5 Å². The number of para-hydroxylation sites is 1. The number of carbonyl (C=O) groups is 1. The number of hydrogen-bond acceptors (Lipinski definition) is 4. The number of anilines is 2. The van der Waals surface area contributed by atoms with Crippen LogP contribution in [0.1, 0.15) is 24.2 Å². The maximum atomic E-state index is 13.1. The number of aliphatic hydroxyl groups excluding tert-OH is 1. The number of alkyl halides is 3. The minimum absolute atomic E-state index is 0.203. The van der Waals surface area contributed by atoms with E-state index in [-0.39, 0.29) is 16.9 Å². The molecule has 0 aliphatic carbocycles. The van der Waals surface area contributed by atoms with Crippen molar-refractivity contribution in [2.75, 3.05) is 16.7 Å². The van der Waals surface area contributed by atoms with Crippen LogP contribution >= 0.6 is 11.6 Å². The molecule has 156 valence electrons. The number of aliphatic hydroxyl groups is 1. The molecule has 1 aliphatic heterocycles. The summed E-state index contributed by atoms with van der Waals surface area (Å²) >= 11 is 5.56. The van der Waals surface area contributed by atoms with Crippen molar-refractivity contribution in [2.45, 2.75) is 24.0 Å². The summed E-state index contributed by atoms with van der Waals surface area (Å²) in [7, 11) is -3.18. The molecule has 1 aliphatic rings. The third-order valence-electron chi connectivity index (χ3n) is 4.97. The zero-order valence-corrected chi connectivity index (χ0v) is 16.7. The molecule has 0 saturated heterocycles. The van der Waals surface area contributed by atoms with E-state index < -0.39 is 43.5 Å². The molecule has 0 bridgehead atoms. The Balaban J connectivity index is 2.05. The number of amides is 1. The molecule has 3 rings (SSSR count). The second-order valence-electron chi connectivity index (χ2n) is 6.69. The Kier molecular flexibility index (Phi) is 5.09. The average molecular weight is 449 g/mol. The first-order chi connectivity index (χ1) is 13.3. The molecule has 2 unspecified atom stereocenters. The number of hydrogen-bond donors (Lipinski definition) is 2. The molecule has 2 N–H and O–H groups in total. The molecule has 2 aromatic carbocycles. The standard InChI is InChI=1S/C18H16ClF3N2O4S/c1-17(15(25)11-5-3-4-6-14(11)24(2)29(17,27)28)16(26)23-10-7-8-13(19)12(9-10)18(20,21)22/h3-9,15,25H,1-2H3,(H,23,26). The topological polar surface area (TPSA) is 86.7 Å². The molecule has 0 aromatic heterocycles. The number of nitrogens with one attached hydrogen (secondary N) is 1. The molecule has 2 aromatic rings. The number of nitrogens with zero attached hydrogens (tertiary/aromatic N) is 1. The Morgan fingerprint density at radius 1 is 1.24 bits per heavy atom. The van der Waals surface area contributed by atoms with Crippen LogP contribution in [0.5, 0.6) is 0 Å². The van der Waals surface area contributed by atoms with Crippen LogP contribution in [0.4, 0.5) is 24.5 Å². The summed E-state index contributed by atoms with van der Waals surface area (Å²) in [5, 5.41) is 12.3. The fraction of sp³-hybridized carbons (Fsp3) is 0.278. The van der Waals surface area contributed by atoms with Crippen LogP contribution in [0.3, 0.4) is 0 Å². The van der Waals surface area contributed by atoms with Gasteiger partial charge in [-0.1, -0.05) is 29.8 Å². The molecule has 0 fully saturated rings. The van der Waals surface area contributed by atoms with Gasteiger partial charge in [0.25, 0.3) is 15.9 Å². The number of benzene rings is 2. The summed E-state index contributed by atoms with van der Waals surface area (Å²) in [6.07, 6.45) is -6.51. The molecule has 11 heteroatoms. The highest BCUT2D eigenvalue weighted by Crippen LogP contribution is 2.45. The van der Waals surface area contributed by atoms with Crippen LogP contribution in [0.25, 0.3) is 0 Å². The second-order valence-corrected chi connectivity index (χ2v) is 9.44. The minimum Gasteiger partial charge on any atom is -0.386 e. The smallest absolute Gasteiger partial charge is 0.386 e. The molecular weight excluding hydrogens is 433 g/mol. The van der Waals surface area contributed by atoms with E-state index in [0.717, 1.165) is 23.4 Å². The van der Waals surface area contributed by atoms with E-state index in [0.29, 0.717) is 6.07 Å². The van der Waals surface area contributed by atoms with Crippen LogP contribution in [-0.4, -0.2) is 31.2 Å². The minimum atomic E-state index is -4.77. The van der Waals surface area contributed by atoms with Gasteiger partial charge in [0.15, 0.2) is 4.75 Å². The van der Waals surface area contributed by atoms with Gasteiger partial charge in [-0.15, -0.1) is 0 Å². The van der Waals surface area contributed by atoms with Crippen LogP contribution < -0.4 is 9.62 Å². The van der Waals surface area contributed by atoms with E-state index in [4.69, 9.17) is 11.6 Å². The first-order valence-electron chi connectivity index (χ1n) is 8.25. The van der Waals surface area contributed by atoms with Crippen molar-refractivity contribution < 1.29 is 31.5 Å². The molecule has 0 radical (unpaired) electrons. The van der Waals surface area contributed by atoms with Crippen molar-refractivity contribution in [3.63, 3.8) is 0 Å². The van der Waals surface area contributed by atoms with Crippen molar-refractivity contribution in [1.82, 2.24) is 0 Å². The Morgan fingerprint density at radius 3 is 2.48 bits per heavy atom. The van der Waals surface area contributed by atoms with Gasteiger partial charge in [-0.25, -0.2) is 8.42 Å². The normalized spacial score (nSPS) is 23.4. The first-order valence-corrected chi connectivity index (χ1v) is 10.1. The summed E-state index contributed by atoms with van der Waals surface area (Å²) in [5.41, 5.74) is -1.08. The van der Waals surface area contributed by atoms with Crippen molar-refractivity contribution >= 4 is 38.9 Å². The molecule has 1 amide bonds. The highest BCUT2D eigenvalue weighted by molar-refractivity contribution is 7.95. The highest BCUT2D eigenvalue weighted by atomic mass is 35.5. The maximum Gasteiger partial charge on any atom is 0.417 e. The van der Waals surface area contributed by atoms with Crippen molar-refractivity contribution in [2.24, 2.45) is 0 Å². The summed E-state index contributed by atoms with van der Waals surface area (Å²) in [4.78, 5) is 12.9. The van der Waals surface area contributed by atoms with Crippen LogP contribution in [-0.2, 0) is 21.0 Å². The lowest BCUT2D eigenvalue weighted by Gasteiger charge is -2.42. The van der Waals surface area contributed by atoms with Gasteiger partial charge >= 0.3 is 6.18 Å². The van der Waals surface area contributed by atoms with E-state index in [1.54, 1.807) is 12.1 Å². The summed E-state index contributed by atoms with van der Waals surface area (Å²) in [6.45, 7) is 1.02. The van der Waals surface area contributed by atoms with E-state index in [9.17, 15) is 31.5 Å². The molecule has 29 heavy (non-hydrogen) atoms. The molecule has 0 spiro atoms. The summed E-state index contributed by atoms with van der Waals surface area (Å²) < 4.78 is 63.7. The Morgan fingerprint density at radius 2 is 1.86 bits per heavy atom. The van der Waals surface area contributed by atoms with Gasteiger partial charge in [0, 0.05) is 18.3 Å². The van der Waals surface area contributed by atoms with Gasteiger partial charge in [-0.3, -0.25) is 9.10 Å². The Hall–Kier alpha value is -2.30. The molecule has 0 saturated carbocycles. The molecule has 2 atom stereocenters. The Bertz CT molecular complexity index is 1090. The van der Waals surface area contributed by atoms with Crippen molar-refractivity contribution in [1.29, 1.82) is 0 Å². The SMILES string of the molecule is CN1c2ccccc2C(O)C(C)(C(=O)Nc2ccc(Cl)c(C(F)(F)F)c2)S1(=O)=O. The lowest BCUT2D eigenvalue weighted by Crippen LogP contribution is -2.59. The molecule has 6 nitrogen and oxygen atoms in total. The predicted octanol–water partition coefficient (Wildman–Crippen LogP) is 3.57. The van der Waals surface area contributed by atoms with E-state index in [1.165, 1.54) is 19.2 Å². The lowest BCUT2D eigenvalue weighted by atomic mass is 9.93. The van der Waals surface area contributed by atoms with E-state index in [1.807, 2.05) is 0 Å². The van der Waals surface area contributed by atoms with E-state index in [2.05, 4.69) is 5.32 Å². The van der Waals surface area contributed by atoms with Crippen LogP contribution in [0.2, 0.25) is 5.02 Å². The number of rotatable bonds is 2. The fourth-order valence-corrected chi connectivity index (χ4v) is 5.09. The number of halogens is 4. The largest absolute Gasteiger partial charge is 0.417 e. The summed E-state index contributed by atoms with van der Waals surface area (Å²) in [5.74, 6) is -1.18. The number of fused-ring (bicyclic) bond motifs is 1. The lowest BCUT2D eigenvalue weighted by molar-refractivity contribution is -0.137. The molecular formula is C18H16ClF3N2O4S. The monoisotopic (exact) mass is 448 g/mol. The zero-order valence-electron chi connectivity index (χ0n) is 15.2. The zero-order chi connectivity index (χ0) is 21.8. The fourth-order valence-electron chi connectivity index (χ4n) is 3.17. The van der Waals surface area contributed by atoms with Gasteiger partial charge in [-0.05, 0) is 31.2 Å². The van der Waals surface area contributed by atoms with Crippen molar-refractivity contribution in [3.8, 4) is 0 Å². The maximum absolute atomic E-state index is 13.1. The Labute approximate surface area is 169 Å². The van der Waals surface area contributed by atoms with Gasteiger partial charge in [0.2, 0.25) is 0 Å². The number of sulfonamides is 1. The third kappa shape index (κ3) is 3.24. The second kappa shape index (κ2) is 6.89. The molecule has 1 heterocycles. The van der Waals surface area contributed by atoms with Crippen LogP contribution in [0, 0.1) is 0 Å². The van der Waals surface area contributed by atoms with Gasteiger partial charge < -0.3 is 10.4 Å². The predicted molar refractivity (Wildman–Crippen MR) is 102 cm³/mol. The van der Waals surface area contributed by atoms with Gasteiger partial charge in [0.1, 0.15) is 6.10 Å². The number of carbonyl (C=O) groups excluding carboxylic acids is 1. The quantitative estimate of drug-likeness (QED) is 0.735. The van der Waals surface area contributed by atoms with Crippen molar-refractivity contribution in [3.05, 3.63) is 58.6 Å². The highest BCUT2D eigenvalue weighted by Gasteiger charge is 2.58.